The van der Waals surface area contributed by atoms with Gasteiger partial charge in [-0.1, -0.05) is 32.9 Å². The number of rotatable bonds is 1. The molecule has 4 rings (SSSR count). The van der Waals surface area contributed by atoms with Crippen molar-refractivity contribution in [3.63, 3.8) is 0 Å². The van der Waals surface area contributed by atoms with Crippen LogP contribution in [0, 0.1) is 19.3 Å². The third-order valence-corrected chi connectivity index (χ3v) is 6.87. The first kappa shape index (κ1) is 13.9. The number of aryl methyl sites for hydroxylation is 1. The smallest absolute Gasteiger partial charge is 0.275 e. The lowest BCUT2D eigenvalue weighted by molar-refractivity contribution is 0.224. The second-order valence-electron chi connectivity index (χ2n) is 7.91. The molecule has 1 aromatic heterocycles. The molecule has 3 heteroatoms. The number of benzene rings is 1. The van der Waals surface area contributed by atoms with Gasteiger partial charge >= 0.3 is 0 Å². The molecule has 0 aliphatic heterocycles. The first-order valence-electron chi connectivity index (χ1n) is 8.21. The Morgan fingerprint density at radius 3 is 2.64 bits per heavy atom. The first-order valence-corrected chi connectivity index (χ1v) is 8.21. The Balaban J connectivity index is 1.98. The Morgan fingerprint density at radius 1 is 1.23 bits per heavy atom. The molecule has 2 aromatic rings. The maximum absolute atomic E-state index is 13.1. The molecule has 0 spiro atoms. The van der Waals surface area contributed by atoms with E-state index < -0.39 is 0 Å². The zero-order chi connectivity index (χ0) is 15.9. The lowest BCUT2D eigenvalue weighted by Gasteiger charge is -2.34. The van der Waals surface area contributed by atoms with E-state index in [1.807, 2.05) is 12.1 Å². The van der Waals surface area contributed by atoms with Crippen LogP contribution in [0.25, 0.3) is 5.69 Å². The van der Waals surface area contributed by atoms with Crippen LogP contribution < -0.4 is 5.56 Å². The summed E-state index contributed by atoms with van der Waals surface area (Å²) in [7, 11) is 0. The van der Waals surface area contributed by atoms with Gasteiger partial charge in [0.05, 0.1) is 5.69 Å². The van der Waals surface area contributed by atoms with Gasteiger partial charge in [0.25, 0.3) is 5.56 Å². The lowest BCUT2D eigenvalue weighted by atomic mass is 9.70. The quantitative estimate of drug-likeness (QED) is 0.850. The Hall–Kier alpha value is -1.77. The standard InChI is InChI=1S/C19H24N2O/c1-11-7-6-8-14(12(11)2)21-17(22)15-13-9-10-19(5,16(15)20-21)18(13,3)4/h6-8,13,20H,9-10H2,1-5H3/t13?,19-/m0/s1. The number of hydrogen-bond donors (Lipinski definition) is 1. The molecule has 22 heavy (non-hydrogen) atoms. The average Bonchev–Trinajstić information content (AvgIpc) is 2.97. The minimum atomic E-state index is 0.0924. The lowest BCUT2D eigenvalue weighted by Crippen LogP contribution is -2.33. The molecule has 116 valence electrons. The predicted octanol–water partition coefficient (Wildman–Crippen LogP) is 3.96. The van der Waals surface area contributed by atoms with Gasteiger partial charge in [0.2, 0.25) is 0 Å². The second kappa shape index (κ2) is 3.95. The van der Waals surface area contributed by atoms with Gasteiger partial charge in [0.15, 0.2) is 0 Å². The van der Waals surface area contributed by atoms with Crippen LogP contribution >= 0.6 is 0 Å². The van der Waals surface area contributed by atoms with Gasteiger partial charge in [0.1, 0.15) is 0 Å². The van der Waals surface area contributed by atoms with E-state index in [-0.39, 0.29) is 16.4 Å². The summed E-state index contributed by atoms with van der Waals surface area (Å²) in [5.74, 6) is 0.391. The molecule has 2 atom stereocenters. The number of fused-ring (bicyclic) bond motifs is 5. The van der Waals surface area contributed by atoms with Crippen LogP contribution in [0.5, 0.6) is 0 Å². The van der Waals surface area contributed by atoms with Crippen molar-refractivity contribution in [3.8, 4) is 5.69 Å². The van der Waals surface area contributed by atoms with Gasteiger partial charge in [-0.15, -0.1) is 0 Å². The summed E-state index contributed by atoms with van der Waals surface area (Å²) >= 11 is 0. The van der Waals surface area contributed by atoms with Crippen LogP contribution in [0.3, 0.4) is 0 Å². The highest BCUT2D eigenvalue weighted by Crippen LogP contribution is 2.66. The molecule has 3 nitrogen and oxygen atoms in total. The van der Waals surface area contributed by atoms with Gasteiger partial charge in [-0.3, -0.25) is 9.89 Å². The molecule has 1 N–H and O–H groups in total. The summed E-state index contributed by atoms with van der Waals surface area (Å²) < 4.78 is 1.78. The van der Waals surface area contributed by atoms with Crippen molar-refractivity contribution in [2.75, 3.05) is 0 Å². The summed E-state index contributed by atoms with van der Waals surface area (Å²) in [5.41, 5.74) is 6.02. The van der Waals surface area contributed by atoms with Crippen molar-refractivity contribution in [3.05, 3.63) is 50.9 Å². The highest BCUT2D eigenvalue weighted by molar-refractivity contribution is 5.49. The van der Waals surface area contributed by atoms with Crippen molar-refractivity contribution in [1.29, 1.82) is 0 Å². The molecule has 0 saturated heterocycles. The third-order valence-electron chi connectivity index (χ3n) is 6.87. The fraction of sp³-hybridized carbons (Fsp3) is 0.526. The van der Waals surface area contributed by atoms with E-state index in [1.165, 1.54) is 23.2 Å². The van der Waals surface area contributed by atoms with E-state index in [0.29, 0.717) is 5.92 Å². The average molecular weight is 296 g/mol. The first-order chi connectivity index (χ1) is 10.3. The number of nitrogens with zero attached hydrogens (tertiary/aromatic N) is 1. The number of hydrogen-bond acceptors (Lipinski definition) is 1. The predicted molar refractivity (Wildman–Crippen MR) is 89.0 cm³/mol. The highest BCUT2D eigenvalue weighted by atomic mass is 16.1. The minimum Gasteiger partial charge on any atom is -0.294 e. The van der Waals surface area contributed by atoms with Crippen molar-refractivity contribution in [2.24, 2.45) is 5.41 Å². The van der Waals surface area contributed by atoms with E-state index in [9.17, 15) is 4.79 Å². The molecule has 2 aliphatic rings. The van der Waals surface area contributed by atoms with Gasteiger partial charge in [-0.2, -0.15) is 0 Å². The molecular formula is C19H24N2O. The summed E-state index contributed by atoms with van der Waals surface area (Å²) in [5, 5.41) is 3.48. The number of nitrogens with one attached hydrogen (secondary N) is 1. The van der Waals surface area contributed by atoms with E-state index in [4.69, 9.17) is 0 Å². The summed E-state index contributed by atoms with van der Waals surface area (Å²) in [6, 6.07) is 6.15. The molecule has 1 heterocycles. The monoisotopic (exact) mass is 296 g/mol. The van der Waals surface area contributed by atoms with Gasteiger partial charge in [0, 0.05) is 16.7 Å². The van der Waals surface area contributed by atoms with E-state index in [2.05, 4.69) is 45.8 Å². The van der Waals surface area contributed by atoms with Crippen molar-refractivity contribution >= 4 is 0 Å². The van der Waals surface area contributed by atoms with Crippen LogP contribution in [0.2, 0.25) is 0 Å². The summed E-state index contributed by atoms with van der Waals surface area (Å²) in [4.78, 5) is 13.1. The van der Waals surface area contributed by atoms with Gasteiger partial charge in [-0.05, 0) is 55.2 Å². The van der Waals surface area contributed by atoms with E-state index >= 15 is 0 Å². The summed E-state index contributed by atoms with van der Waals surface area (Å²) in [6.07, 6.45) is 2.31. The molecule has 1 unspecified atom stereocenters. The zero-order valence-corrected chi connectivity index (χ0v) is 14.1. The maximum Gasteiger partial charge on any atom is 0.275 e. The summed E-state index contributed by atoms with van der Waals surface area (Å²) in [6.45, 7) is 11.1. The molecule has 0 amide bonds. The SMILES string of the molecule is Cc1cccc(-n2[nH]c3c(c2=O)C2CC[C@]3(C)C2(C)C)c1C. The fourth-order valence-corrected chi connectivity index (χ4v) is 4.79. The molecule has 1 saturated carbocycles. The molecule has 2 aliphatic carbocycles. The van der Waals surface area contributed by atoms with Crippen LogP contribution in [0.4, 0.5) is 0 Å². The molecule has 2 bridgehead atoms. The van der Waals surface area contributed by atoms with Crippen LogP contribution in [0.15, 0.2) is 23.0 Å². The minimum absolute atomic E-state index is 0.0924. The van der Waals surface area contributed by atoms with E-state index in [1.54, 1.807) is 4.68 Å². The maximum atomic E-state index is 13.1. The van der Waals surface area contributed by atoms with Crippen LogP contribution in [-0.4, -0.2) is 9.78 Å². The number of H-pyrrole nitrogens is 1. The van der Waals surface area contributed by atoms with Crippen molar-refractivity contribution < 1.29 is 0 Å². The van der Waals surface area contributed by atoms with Crippen molar-refractivity contribution in [1.82, 2.24) is 9.78 Å². The topological polar surface area (TPSA) is 37.8 Å². The second-order valence-corrected chi connectivity index (χ2v) is 7.91. The van der Waals surface area contributed by atoms with Gasteiger partial charge in [-0.25, -0.2) is 4.68 Å². The van der Waals surface area contributed by atoms with Crippen molar-refractivity contribution in [2.45, 2.75) is 58.8 Å². The molecule has 0 radical (unpaired) electrons. The zero-order valence-electron chi connectivity index (χ0n) is 14.1. The Kier molecular flexibility index (Phi) is 2.49. The number of aromatic amines is 1. The van der Waals surface area contributed by atoms with Crippen LogP contribution in [0.1, 0.15) is 61.9 Å². The van der Waals surface area contributed by atoms with Gasteiger partial charge < -0.3 is 0 Å². The molecule has 1 aromatic carbocycles. The highest BCUT2D eigenvalue weighted by Gasteiger charge is 2.61. The van der Waals surface area contributed by atoms with E-state index in [0.717, 1.165) is 17.7 Å². The molecular weight excluding hydrogens is 272 g/mol. The largest absolute Gasteiger partial charge is 0.294 e. The van der Waals surface area contributed by atoms with Crippen LogP contribution in [-0.2, 0) is 5.41 Å². The fourth-order valence-electron chi connectivity index (χ4n) is 4.79. The Morgan fingerprint density at radius 2 is 1.95 bits per heavy atom. The number of aromatic nitrogens is 2. The Bertz CT molecular complexity index is 840. The normalized spacial score (nSPS) is 28.1. The third kappa shape index (κ3) is 1.35. The Labute approximate surface area is 131 Å². The molecule has 1 fully saturated rings.